The second-order valence-corrected chi connectivity index (χ2v) is 6.51. The van der Waals surface area contributed by atoms with Crippen molar-refractivity contribution in [3.63, 3.8) is 0 Å². The van der Waals surface area contributed by atoms with Gasteiger partial charge in [-0.2, -0.15) is 0 Å². The van der Waals surface area contributed by atoms with E-state index in [1.807, 2.05) is 0 Å². The maximum Gasteiger partial charge on any atom is 0.344 e. The largest absolute Gasteiger partial charge is 0.462 e. The highest BCUT2D eigenvalue weighted by molar-refractivity contribution is 6.10. The molecule has 1 heterocycles. The van der Waals surface area contributed by atoms with E-state index in [-0.39, 0.29) is 48.0 Å². The van der Waals surface area contributed by atoms with Crippen LogP contribution in [0.1, 0.15) is 63.5 Å². The summed E-state index contributed by atoms with van der Waals surface area (Å²) in [4.78, 5) is 60.1. The minimum absolute atomic E-state index is 0.00479. The molecule has 0 unspecified atom stereocenters. The molecule has 1 amide bonds. The van der Waals surface area contributed by atoms with Crippen LogP contribution in [-0.2, 0) is 19.1 Å². The lowest BCUT2D eigenvalue weighted by Gasteiger charge is -2.07. The van der Waals surface area contributed by atoms with Gasteiger partial charge in [0.25, 0.3) is 5.91 Å². The number of Topliss-reactive ketones (excluding diaryl/α,β-unsaturated/α-hetero) is 2. The van der Waals surface area contributed by atoms with Crippen LogP contribution in [0.4, 0.5) is 5.88 Å². The van der Waals surface area contributed by atoms with Crippen molar-refractivity contribution >= 4 is 35.3 Å². The first-order chi connectivity index (χ1) is 14.7. The number of furan rings is 1. The first-order valence-corrected chi connectivity index (χ1v) is 9.59. The molecule has 9 heteroatoms. The van der Waals surface area contributed by atoms with Crippen LogP contribution in [0.25, 0.3) is 0 Å². The first-order valence-electron chi connectivity index (χ1n) is 9.59. The lowest BCUT2D eigenvalue weighted by molar-refractivity contribution is -0.147. The molecule has 31 heavy (non-hydrogen) atoms. The zero-order chi connectivity index (χ0) is 23.0. The van der Waals surface area contributed by atoms with Gasteiger partial charge in [0.05, 0.1) is 18.6 Å². The Kier molecular flexibility index (Phi) is 8.25. The third kappa shape index (κ3) is 6.36. The number of carbonyl (C=O) groups excluding carboxylic acids is 5. The predicted octanol–water partition coefficient (Wildman–Crippen LogP) is 3.11. The summed E-state index contributed by atoms with van der Waals surface area (Å²) in [5.41, 5.74) is 0.291. The van der Waals surface area contributed by atoms with Crippen molar-refractivity contribution in [2.75, 3.05) is 18.5 Å². The van der Waals surface area contributed by atoms with Crippen LogP contribution in [0.2, 0.25) is 0 Å². The highest BCUT2D eigenvalue weighted by Gasteiger charge is 2.28. The minimum atomic E-state index is -0.823. The maximum atomic E-state index is 12.2. The number of carbonyl (C=O) groups is 5. The van der Waals surface area contributed by atoms with Crippen molar-refractivity contribution in [1.29, 1.82) is 0 Å². The fraction of sp³-hybridized carbons (Fsp3) is 0.318. The van der Waals surface area contributed by atoms with Crippen molar-refractivity contribution in [2.45, 2.75) is 33.6 Å². The van der Waals surface area contributed by atoms with Crippen LogP contribution in [-0.4, -0.2) is 42.6 Å². The molecule has 0 radical (unpaired) electrons. The second-order valence-electron chi connectivity index (χ2n) is 6.51. The van der Waals surface area contributed by atoms with E-state index in [1.165, 1.54) is 13.8 Å². The molecule has 0 saturated carbocycles. The van der Waals surface area contributed by atoms with E-state index in [0.717, 1.165) is 0 Å². The molecule has 0 aliphatic rings. The number of ether oxygens (including phenoxy) is 2. The predicted molar refractivity (Wildman–Crippen MR) is 109 cm³/mol. The van der Waals surface area contributed by atoms with Gasteiger partial charge in [0, 0.05) is 12.0 Å². The molecule has 0 spiro atoms. The number of esters is 2. The summed E-state index contributed by atoms with van der Waals surface area (Å²) in [5.74, 6) is -3.11. The summed E-state index contributed by atoms with van der Waals surface area (Å²) >= 11 is 0. The van der Waals surface area contributed by atoms with Crippen LogP contribution in [0.5, 0.6) is 0 Å². The molecule has 1 aromatic carbocycles. The van der Waals surface area contributed by atoms with Crippen molar-refractivity contribution in [1.82, 2.24) is 0 Å². The molecule has 2 rings (SSSR count). The molecule has 9 nitrogen and oxygen atoms in total. The van der Waals surface area contributed by atoms with Gasteiger partial charge in [0.1, 0.15) is 11.3 Å². The lowest BCUT2D eigenvalue weighted by Crippen LogP contribution is -2.22. The Morgan fingerprint density at radius 1 is 0.968 bits per heavy atom. The van der Waals surface area contributed by atoms with Crippen molar-refractivity contribution in [3.8, 4) is 0 Å². The normalized spacial score (nSPS) is 10.3. The van der Waals surface area contributed by atoms with E-state index in [2.05, 4.69) is 5.32 Å². The van der Waals surface area contributed by atoms with Crippen molar-refractivity contribution < 1.29 is 37.9 Å². The van der Waals surface area contributed by atoms with Gasteiger partial charge in [-0.1, -0.05) is 30.3 Å². The molecule has 0 fully saturated rings. The average molecular weight is 429 g/mol. The third-order valence-electron chi connectivity index (χ3n) is 4.19. The van der Waals surface area contributed by atoms with Gasteiger partial charge in [-0.25, -0.2) is 4.79 Å². The van der Waals surface area contributed by atoms with Gasteiger partial charge in [0.15, 0.2) is 18.2 Å². The van der Waals surface area contributed by atoms with Crippen LogP contribution in [0, 0.1) is 6.92 Å². The number of aryl methyl sites for hydroxylation is 1. The quantitative estimate of drug-likeness (QED) is 0.450. The highest BCUT2D eigenvalue weighted by Crippen LogP contribution is 2.28. The SMILES string of the molecule is CCOC(=O)c1c(NC(=O)COC(=O)CCC(=O)c2ccccc2)oc(C)c1C(C)=O. The Morgan fingerprint density at radius 2 is 1.65 bits per heavy atom. The average Bonchev–Trinajstić information content (AvgIpc) is 3.07. The number of hydrogen-bond acceptors (Lipinski definition) is 8. The van der Waals surface area contributed by atoms with E-state index < -0.39 is 30.2 Å². The summed E-state index contributed by atoms with van der Waals surface area (Å²) in [7, 11) is 0. The fourth-order valence-electron chi connectivity index (χ4n) is 2.82. The van der Waals surface area contributed by atoms with Gasteiger partial charge in [-0.15, -0.1) is 0 Å². The van der Waals surface area contributed by atoms with E-state index >= 15 is 0 Å². The molecule has 0 bridgehead atoms. The molecule has 2 aromatic rings. The molecular formula is C22H23NO8. The molecule has 0 saturated heterocycles. The third-order valence-corrected chi connectivity index (χ3v) is 4.19. The molecular weight excluding hydrogens is 406 g/mol. The first kappa shape index (κ1) is 23.5. The Bertz CT molecular complexity index is 990. The molecule has 0 aliphatic heterocycles. The zero-order valence-corrected chi connectivity index (χ0v) is 17.5. The van der Waals surface area contributed by atoms with Crippen molar-refractivity contribution in [3.05, 3.63) is 52.8 Å². The fourth-order valence-corrected chi connectivity index (χ4v) is 2.82. The molecule has 164 valence electrons. The number of rotatable bonds is 10. The molecule has 1 aromatic heterocycles. The lowest BCUT2D eigenvalue weighted by atomic mass is 10.1. The van der Waals surface area contributed by atoms with Gasteiger partial charge in [-0.3, -0.25) is 24.5 Å². The van der Waals surface area contributed by atoms with Gasteiger partial charge in [0.2, 0.25) is 5.88 Å². The number of nitrogens with one attached hydrogen (secondary N) is 1. The summed E-state index contributed by atoms with van der Waals surface area (Å²) in [5, 5.41) is 2.31. The Morgan fingerprint density at radius 3 is 2.26 bits per heavy atom. The number of hydrogen-bond donors (Lipinski definition) is 1. The topological polar surface area (TPSA) is 129 Å². The molecule has 0 atom stereocenters. The highest BCUT2D eigenvalue weighted by atomic mass is 16.5. The van der Waals surface area contributed by atoms with E-state index in [0.29, 0.717) is 5.56 Å². The summed E-state index contributed by atoms with van der Waals surface area (Å²) in [6.07, 6.45) is -0.250. The summed E-state index contributed by atoms with van der Waals surface area (Å²) < 4.78 is 15.1. The van der Waals surface area contributed by atoms with Crippen LogP contribution < -0.4 is 5.32 Å². The van der Waals surface area contributed by atoms with Gasteiger partial charge >= 0.3 is 11.9 Å². The Labute approximate surface area is 178 Å². The van der Waals surface area contributed by atoms with Crippen molar-refractivity contribution in [2.24, 2.45) is 0 Å². The maximum absolute atomic E-state index is 12.2. The summed E-state index contributed by atoms with van der Waals surface area (Å²) in [6, 6.07) is 8.49. The number of anilines is 1. The number of benzene rings is 1. The number of ketones is 2. The van der Waals surface area contributed by atoms with Gasteiger partial charge < -0.3 is 13.9 Å². The number of amides is 1. The smallest absolute Gasteiger partial charge is 0.344 e. The minimum Gasteiger partial charge on any atom is -0.462 e. The van der Waals surface area contributed by atoms with E-state index in [1.54, 1.807) is 37.3 Å². The molecule has 1 N–H and O–H groups in total. The van der Waals surface area contributed by atoms with Gasteiger partial charge in [-0.05, 0) is 20.8 Å². The Hall–Kier alpha value is -3.75. The van der Waals surface area contributed by atoms with Crippen LogP contribution in [0.15, 0.2) is 34.7 Å². The van der Waals surface area contributed by atoms with Crippen LogP contribution >= 0.6 is 0 Å². The van der Waals surface area contributed by atoms with E-state index in [4.69, 9.17) is 13.9 Å². The Balaban J connectivity index is 1.94. The second kappa shape index (κ2) is 10.9. The monoisotopic (exact) mass is 429 g/mol. The van der Waals surface area contributed by atoms with Crippen LogP contribution in [0.3, 0.4) is 0 Å². The standard InChI is InChI=1S/C22H23NO8/c1-4-29-22(28)20-19(13(2)24)14(3)31-21(20)23-17(26)12-30-18(27)11-10-16(25)15-8-6-5-7-9-15/h5-9H,4,10-12H2,1-3H3,(H,23,26). The van der Waals surface area contributed by atoms with E-state index in [9.17, 15) is 24.0 Å². The molecule has 0 aliphatic carbocycles. The zero-order valence-electron chi connectivity index (χ0n) is 17.5. The summed E-state index contributed by atoms with van der Waals surface area (Å²) in [6.45, 7) is 3.73.